The van der Waals surface area contributed by atoms with E-state index in [9.17, 15) is 32.7 Å². The van der Waals surface area contributed by atoms with Crippen molar-refractivity contribution in [3.63, 3.8) is 0 Å². The van der Waals surface area contributed by atoms with E-state index in [0.717, 1.165) is 49.7 Å². The van der Waals surface area contributed by atoms with Crippen LogP contribution in [0.25, 0.3) is 11.4 Å². The molecule has 8 rings (SSSR count). The number of rotatable bonds is 6. The van der Waals surface area contributed by atoms with Crippen molar-refractivity contribution in [1.82, 2.24) is 34.0 Å². The molecule has 4 aliphatic rings. The molecule has 6 heterocycles. The summed E-state index contributed by atoms with van der Waals surface area (Å²) in [5.41, 5.74) is -0.126. The highest BCUT2D eigenvalue weighted by atomic mass is 35.5. The Morgan fingerprint density at radius 2 is 1.89 bits per heavy atom. The van der Waals surface area contributed by atoms with Gasteiger partial charge in [0, 0.05) is 42.9 Å². The molecule has 18 heteroatoms. The van der Waals surface area contributed by atoms with E-state index in [1.165, 1.54) is 10.8 Å². The van der Waals surface area contributed by atoms with Crippen LogP contribution < -0.4 is 15.8 Å². The second kappa shape index (κ2) is 13.7. The molecule has 54 heavy (non-hydrogen) atoms. The van der Waals surface area contributed by atoms with Crippen molar-refractivity contribution in [2.75, 3.05) is 49.6 Å². The summed E-state index contributed by atoms with van der Waals surface area (Å²) < 4.78 is 48.1. The zero-order valence-electron chi connectivity index (χ0n) is 29.3. The lowest BCUT2D eigenvalue weighted by atomic mass is 9.73. The van der Waals surface area contributed by atoms with Gasteiger partial charge in [0.1, 0.15) is 12.9 Å². The summed E-state index contributed by atoms with van der Waals surface area (Å²) >= 11 is 6.16. The molecule has 3 aromatic heterocycles. The fourth-order valence-corrected chi connectivity index (χ4v) is 8.67. The normalized spacial score (nSPS) is 19.7. The SMILES string of the molecule is CC1CC2(CCN(C(=O)c3ncnc(N4CCCC4)c3O)CC2)c2c1n(CC(=O)Nc1ccc(C(F)(F)F)cc1Cl)c1nc(C3=CCOCC3)nn1c2=O. The first-order chi connectivity index (χ1) is 25.8. The summed E-state index contributed by atoms with van der Waals surface area (Å²) in [6.07, 6.45) is 2.42. The first-order valence-corrected chi connectivity index (χ1v) is 18.3. The number of amides is 2. The Morgan fingerprint density at radius 1 is 1.13 bits per heavy atom. The number of aromatic hydroxyl groups is 1. The zero-order chi connectivity index (χ0) is 37.9. The van der Waals surface area contributed by atoms with Crippen LogP contribution in [0, 0.1) is 0 Å². The van der Waals surface area contributed by atoms with Gasteiger partial charge in [-0.25, -0.2) is 9.97 Å². The minimum absolute atomic E-state index is 0.00160. The number of nitrogens with zero attached hydrogens (tertiary/aromatic N) is 8. The van der Waals surface area contributed by atoms with Crippen LogP contribution in [0.15, 0.2) is 35.4 Å². The molecule has 1 unspecified atom stereocenters. The van der Waals surface area contributed by atoms with E-state index in [2.05, 4.69) is 20.4 Å². The topological polar surface area (TPSA) is 160 Å². The maximum atomic E-state index is 14.5. The second-order valence-electron chi connectivity index (χ2n) is 14.4. The molecule has 0 radical (unpaired) electrons. The number of benzene rings is 1. The van der Waals surface area contributed by atoms with E-state index in [4.69, 9.17) is 21.3 Å². The number of carbonyl (C=O) groups excluding carboxylic acids is 2. The number of fused-ring (bicyclic) bond motifs is 3. The standard InChI is InChI=1S/C36H37ClF3N9O5/c1-20-17-35(8-12-47(13-9-35)33(53)27-29(51)31(42-19-41-27)46-10-2-3-11-46)26-28(20)48(18-25(50)43-24-5-4-22(16-23(24)37)36(38,39)40)34-44-30(45-49(34)32(26)52)21-6-14-54-15-7-21/h4-6,16,19-20,51H,2-3,7-15,17-18H2,1H3,(H,43,50). The Balaban J connectivity index is 1.13. The number of nitrogens with one attached hydrogen (secondary N) is 1. The molecule has 3 aliphatic heterocycles. The van der Waals surface area contributed by atoms with Gasteiger partial charge in [0.2, 0.25) is 11.7 Å². The number of halogens is 4. The maximum Gasteiger partial charge on any atom is 0.416 e. The van der Waals surface area contributed by atoms with Crippen LogP contribution in [0.4, 0.5) is 24.7 Å². The third-order valence-corrected chi connectivity index (χ3v) is 11.3. The smallest absolute Gasteiger partial charge is 0.416 e. The summed E-state index contributed by atoms with van der Waals surface area (Å²) in [5.74, 6) is -0.639. The number of ether oxygens (including phenoxy) is 1. The highest BCUT2D eigenvalue weighted by Gasteiger charge is 2.49. The van der Waals surface area contributed by atoms with Crippen LogP contribution in [0.5, 0.6) is 5.75 Å². The number of piperidine rings is 1. The van der Waals surface area contributed by atoms with E-state index in [0.29, 0.717) is 61.8 Å². The largest absolute Gasteiger partial charge is 0.503 e. The van der Waals surface area contributed by atoms with Crippen LogP contribution in [-0.2, 0) is 27.7 Å². The summed E-state index contributed by atoms with van der Waals surface area (Å²) in [4.78, 5) is 58.6. The fourth-order valence-electron chi connectivity index (χ4n) is 8.45. The highest BCUT2D eigenvalue weighted by molar-refractivity contribution is 6.33. The van der Waals surface area contributed by atoms with Gasteiger partial charge in [0.25, 0.3) is 11.5 Å². The predicted molar refractivity (Wildman–Crippen MR) is 191 cm³/mol. The molecule has 4 aromatic rings. The fraction of sp³-hybridized carbons (Fsp3) is 0.472. The molecule has 2 saturated heterocycles. The van der Waals surface area contributed by atoms with Gasteiger partial charge in [-0.1, -0.05) is 24.6 Å². The van der Waals surface area contributed by atoms with Crippen molar-refractivity contribution in [2.24, 2.45) is 0 Å². The number of aromatic nitrogens is 6. The summed E-state index contributed by atoms with van der Waals surface area (Å²) in [6.45, 7) is 4.50. The Labute approximate surface area is 311 Å². The van der Waals surface area contributed by atoms with Crippen molar-refractivity contribution in [1.29, 1.82) is 0 Å². The van der Waals surface area contributed by atoms with Crippen molar-refractivity contribution in [3.8, 4) is 5.75 Å². The molecule has 0 saturated carbocycles. The molecular weight excluding hydrogens is 731 g/mol. The van der Waals surface area contributed by atoms with E-state index in [1.807, 2.05) is 17.9 Å². The number of anilines is 2. The van der Waals surface area contributed by atoms with Gasteiger partial charge in [-0.15, -0.1) is 5.10 Å². The van der Waals surface area contributed by atoms with Crippen LogP contribution in [0.3, 0.4) is 0 Å². The first kappa shape index (κ1) is 36.0. The zero-order valence-corrected chi connectivity index (χ0v) is 30.1. The third kappa shape index (κ3) is 6.26. The predicted octanol–water partition coefficient (Wildman–Crippen LogP) is 4.78. The molecule has 0 bridgehead atoms. The average Bonchev–Trinajstić information content (AvgIpc) is 3.90. The van der Waals surface area contributed by atoms with E-state index in [1.54, 1.807) is 9.47 Å². The van der Waals surface area contributed by atoms with Crippen molar-refractivity contribution in [2.45, 2.75) is 69.5 Å². The highest BCUT2D eigenvalue weighted by Crippen LogP contribution is 2.50. The molecule has 1 aromatic carbocycles. The third-order valence-electron chi connectivity index (χ3n) is 11.0. The Bertz CT molecular complexity index is 2260. The van der Waals surface area contributed by atoms with Crippen molar-refractivity contribution < 1.29 is 32.6 Å². The Hall–Kier alpha value is -5.03. The average molecular weight is 768 g/mol. The second-order valence-corrected chi connectivity index (χ2v) is 14.8. The van der Waals surface area contributed by atoms with Gasteiger partial charge >= 0.3 is 6.18 Å². The van der Waals surface area contributed by atoms with E-state index < -0.39 is 29.0 Å². The molecule has 14 nitrogen and oxygen atoms in total. The van der Waals surface area contributed by atoms with E-state index in [-0.39, 0.29) is 59.0 Å². The van der Waals surface area contributed by atoms with Crippen LogP contribution in [-0.4, -0.2) is 90.3 Å². The summed E-state index contributed by atoms with van der Waals surface area (Å²) in [7, 11) is 0. The number of alkyl halides is 3. The van der Waals surface area contributed by atoms with Crippen LogP contribution >= 0.6 is 11.6 Å². The molecule has 284 valence electrons. The molecule has 2 amide bonds. The first-order valence-electron chi connectivity index (χ1n) is 17.9. The molecule has 1 spiro atoms. The molecule has 1 aliphatic carbocycles. The monoisotopic (exact) mass is 767 g/mol. The molecule has 2 N–H and O–H groups in total. The lowest BCUT2D eigenvalue weighted by Gasteiger charge is -2.39. The maximum absolute atomic E-state index is 14.5. The summed E-state index contributed by atoms with van der Waals surface area (Å²) in [6, 6.07) is 2.69. The lowest BCUT2D eigenvalue weighted by molar-refractivity contribution is -0.137. The minimum Gasteiger partial charge on any atom is -0.503 e. The van der Waals surface area contributed by atoms with Gasteiger partial charge in [0.15, 0.2) is 23.1 Å². The quantitative estimate of drug-likeness (QED) is 0.280. The van der Waals surface area contributed by atoms with Crippen molar-refractivity contribution >= 4 is 46.3 Å². The molecule has 2 fully saturated rings. The number of carbonyl (C=O) groups is 2. The minimum atomic E-state index is -4.61. The number of likely N-dealkylation sites (tertiary alicyclic amines) is 1. The lowest BCUT2D eigenvalue weighted by Crippen LogP contribution is -2.46. The van der Waals surface area contributed by atoms with Gasteiger partial charge in [-0.2, -0.15) is 22.7 Å². The van der Waals surface area contributed by atoms with Gasteiger partial charge in [-0.3, -0.25) is 14.4 Å². The Morgan fingerprint density at radius 3 is 2.57 bits per heavy atom. The van der Waals surface area contributed by atoms with Crippen molar-refractivity contribution in [3.05, 3.63) is 74.3 Å². The summed E-state index contributed by atoms with van der Waals surface area (Å²) in [5, 5.41) is 18.0. The van der Waals surface area contributed by atoms with Gasteiger partial charge < -0.3 is 29.5 Å². The van der Waals surface area contributed by atoms with E-state index >= 15 is 0 Å². The molecular formula is C36H37ClF3N9O5. The number of hydrogen-bond acceptors (Lipinski definition) is 10. The van der Waals surface area contributed by atoms with Crippen LogP contribution in [0.1, 0.15) is 84.5 Å². The number of hydrogen-bond donors (Lipinski definition) is 2. The van der Waals surface area contributed by atoms with Crippen LogP contribution in [0.2, 0.25) is 5.02 Å². The molecule has 1 atom stereocenters. The van der Waals surface area contributed by atoms with Gasteiger partial charge in [0.05, 0.1) is 29.5 Å². The van der Waals surface area contributed by atoms with Gasteiger partial charge in [-0.05, 0) is 68.2 Å². The Kier molecular flexibility index (Phi) is 9.11.